The summed E-state index contributed by atoms with van der Waals surface area (Å²) < 4.78 is 0. The van der Waals surface area contributed by atoms with Gasteiger partial charge in [0.1, 0.15) is 0 Å². The van der Waals surface area contributed by atoms with Crippen LogP contribution in [0.15, 0.2) is 0 Å². The van der Waals surface area contributed by atoms with Gasteiger partial charge in [-0.25, -0.2) is 0 Å². The molecular weight excluding hydrogens is 112 g/mol. The molecule has 2 heteroatoms. The van der Waals surface area contributed by atoms with Gasteiger partial charge in [0.15, 0.2) is 0 Å². The van der Waals surface area contributed by atoms with Crippen LogP contribution in [-0.2, 0) is 0 Å². The molecular formula is C7H16N2. The number of hydrogen-bond acceptors (Lipinski definition) is 2. The second kappa shape index (κ2) is 2.67. The summed E-state index contributed by atoms with van der Waals surface area (Å²) in [6.45, 7) is 3.51. The minimum absolute atomic E-state index is 0.718. The van der Waals surface area contributed by atoms with Gasteiger partial charge in [-0.2, -0.15) is 0 Å². The summed E-state index contributed by atoms with van der Waals surface area (Å²) in [5.41, 5.74) is 0. The van der Waals surface area contributed by atoms with E-state index in [-0.39, 0.29) is 0 Å². The highest BCUT2D eigenvalue weighted by molar-refractivity contribution is 4.85. The second-order valence-corrected chi connectivity index (χ2v) is 2.91. The SMILES string of the molecule is CN[C@@H]1CCN(C)[C@@H]1C. The molecule has 2 nitrogen and oxygen atoms in total. The predicted molar refractivity (Wildman–Crippen MR) is 39.6 cm³/mol. The van der Waals surface area contributed by atoms with Crippen molar-refractivity contribution < 1.29 is 0 Å². The van der Waals surface area contributed by atoms with E-state index in [9.17, 15) is 0 Å². The van der Waals surface area contributed by atoms with E-state index >= 15 is 0 Å². The maximum atomic E-state index is 3.30. The summed E-state index contributed by atoms with van der Waals surface area (Å²) in [4.78, 5) is 2.39. The molecule has 1 fully saturated rings. The van der Waals surface area contributed by atoms with Crippen LogP contribution in [0.5, 0.6) is 0 Å². The van der Waals surface area contributed by atoms with Crippen molar-refractivity contribution in [2.24, 2.45) is 0 Å². The van der Waals surface area contributed by atoms with E-state index in [1.165, 1.54) is 13.0 Å². The van der Waals surface area contributed by atoms with Crippen LogP contribution < -0.4 is 5.32 Å². The van der Waals surface area contributed by atoms with Crippen molar-refractivity contribution in [3.05, 3.63) is 0 Å². The van der Waals surface area contributed by atoms with E-state index < -0.39 is 0 Å². The van der Waals surface area contributed by atoms with Gasteiger partial charge in [0.25, 0.3) is 0 Å². The molecule has 0 radical (unpaired) electrons. The standard InChI is InChI=1S/C7H16N2/c1-6-7(8-2)4-5-9(6)3/h6-8H,4-5H2,1-3H3/t6-,7-/m1/s1. The molecule has 1 saturated heterocycles. The van der Waals surface area contributed by atoms with Crippen molar-refractivity contribution in [2.45, 2.75) is 25.4 Å². The Hall–Kier alpha value is -0.0800. The molecule has 1 heterocycles. The Morgan fingerprint density at radius 2 is 2.22 bits per heavy atom. The topological polar surface area (TPSA) is 15.3 Å². The smallest absolute Gasteiger partial charge is 0.0229 e. The number of nitrogens with zero attached hydrogens (tertiary/aromatic N) is 1. The van der Waals surface area contributed by atoms with Gasteiger partial charge in [0.05, 0.1) is 0 Å². The lowest BCUT2D eigenvalue weighted by atomic mass is 10.1. The number of rotatable bonds is 1. The first-order chi connectivity index (χ1) is 4.25. The van der Waals surface area contributed by atoms with Crippen molar-refractivity contribution in [1.29, 1.82) is 0 Å². The average molecular weight is 128 g/mol. The van der Waals surface area contributed by atoms with Crippen LogP contribution in [0, 0.1) is 0 Å². The Labute approximate surface area is 57.2 Å². The highest BCUT2D eigenvalue weighted by atomic mass is 15.2. The molecule has 0 aromatic carbocycles. The van der Waals surface area contributed by atoms with E-state index in [4.69, 9.17) is 0 Å². The first-order valence-electron chi connectivity index (χ1n) is 3.63. The molecule has 1 rings (SSSR count). The lowest BCUT2D eigenvalue weighted by Gasteiger charge is -2.19. The van der Waals surface area contributed by atoms with Gasteiger partial charge in [-0.3, -0.25) is 0 Å². The first kappa shape index (κ1) is 7.03. The van der Waals surface area contributed by atoms with Crippen LogP contribution >= 0.6 is 0 Å². The third kappa shape index (κ3) is 1.25. The molecule has 0 bridgehead atoms. The molecule has 0 saturated carbocycles. The molecule has 9 heavy (non-hydrogen) atoms. The van der Waals surface area contributed by atoms with Gasteiger partial charge in [0, 0.05) is 12.1 Å². The number of hydrogen-bond donors (Lipinski definition) is 1. The molecule has 0 aromatic heterocycles. The summed E-state index contributed by atoms with van der Waals surface area (Å²) in [7, 11) is 4.22. The number of likely N-dealkylation sites (tertiary alicyclic amines) is 1. The maximum Gasteiger partial charge on any atom is 0.0229 e. The van der Waals surface area contributed by atoms with Gasteiger partial charge in [-0.1, -0.05) is 0 Å². The third-order valence-corrected chi connectivity index (χ3v) is 2.44. The van der Waals surface area contributed by atoms with Gasteiger partial charge in [0.2, 0.25) is 0 Å². The van der Waals surface area contributed by atoms with E-state index in [0.29, 0.717) is 0 Å². The van der Waals surface area contributed by atoms with E-state index in [1.807, 2.05) is 7.05 Å². The minimum Gasteiger partial charge on any atom is -0.315 e. The predicted octanol–water partition coefficient (Wildman–Crippen LogP) is 0.298. The lowest BCUT2D eigenvalue weighted by molar-refractivity contribution is 0.306. The fourth-order valence-corrected chi connectivity index (χ4v) is 1.48. The molecule has 0 aromatic rings. The monoisotopic (exact) mass is 128 g/mol. The molecule has 1 aliphatic rings. The van der Waals surface area contributed by atoms with Gasteiger partial charge >= 0.3 is 0 Å². The average Bonchev–Trinajstić information content (AvgIpc) is 2.15. The molecule has 1 aliphatic heterocycles. The normalized spacial score (nSPS) is 37.7. The van der Waals surface area contributed by atoms with Crippen molar-refractivity contribution in [3.63, 3.8) is 0 Å². The van der Waals surface area contributed by atoms with Crippen molar-refractivity contribution in [2.75, 3.05) is 20.6 Å². The van der Waals surface area contributed by atoms with Gasteiger partial charge in [-0.15, -0.1) is 0 Å². The third-order valence-electron chi connectivity index (χ3n) is 2.44. The quantitative estimate of drug-likeness (QED) is 0.546. The molecule has 0 spiro atoms. The van der Waals surface area contributed by atoms with Crippen molar-refractivity contribution in [3.8, 4) is 0 Å². The van der Waals surface area contributed by atoms with Crippen LogP contribution in [0.25, 0.3) is 0 Å². The highest BCUT2D eigenvalue weighted by Crippen LogP contribution is 2.13. The number of nitrogens with one attached hydrogen (secondary N) is 1. The Kier molecular flexibility index (Phi) is 2.09. The Morgan fingerprint density at radius 3 is 2.44 bits per heavy atom. The van der Waals surface area contributed by atoms with Crippen LogP contribution in [0.3, 0.4) is 0 Å². The Morgan fingerprint density at radius 1 is 1.56 bits per heavy atom. The summed E-state index contributed by atoms with van der Waals surface area (Å²) in [6, 6.07) is 1.44. The second-order valence-electron chi connectivity index (χ2n) is 2.91. The van der Waals surface area contributed by atoms with Crippen LogP contribution in [0.2, 0.25) is 0 Å². The van der Waals surface area contributed by atoms with Crippen LogP contribution in [0.4, 0.5) is 0 Å². The fourth-order valence-electron chi connectivity index (χ4n) is 1.48. The van der Waals surface area contributed by atoms with E-state index in [1.54, 1.807) is 0 Å². The zero-order chi connectivity index (χ0) is 6.85. The maximum absolute atomic E-state index is 3.30. The van der Waals surface area contributed by atoms with Gasteiger partial charge < -0.3 is 10.2 Å². The summed E-state index contributed by atoms with van der Waals surface area (Å²) in [5, 5.41) is 3.30. The molecule has 1 N–H and O–H groups in total. The fraction of sp³-hybridized carbons (Fsp3) is 1.00. The van der Waals surface area contributed by atoms with Crippen LogP contribution in [0.1, 0.15) is 13.3 Å². The molecule has 2 atom stereocenters. The molecule has 54 valence electrons. The minimum atomic E-state index is 0.718. The summed E-state index contributed by atoms with van der Waals surface area (Å²) in [5.74, 6) is 0. The zero-order valence-corrected chi connectivity index (χ0v) is 6.52. The van der Waals surface area contributed by atoms with Crippen LogP contribution in [-0.4, -0.2) is 37.6 Å². The molecule has 0 amide bonds. The van der Waals surface area contributed by atoms with Crippen molar-refractivity contribution in [1.82, 2.24) is 10.2 Å². The zero-order valence-electron chi connectivity index (χ0n) is 6.52. The van der Waals surface area contributed by atoms with E-state index in [2.05, 4.69) is 24.2 Å². The van der Waals surface area contributed by atoms with E-state index in [0.717, 1.165) is 12.1 Å². The summed E-state index contributed by atoms with van der Waals surface area (Å²) >= 11 is 0. The Bertz CT molecular complexity index is 92.9. The lowest BCUT2D eigenvalue weighted by Crippen LogP contribution is -2.36. The van der Waals surface area contributed by atoms with Crippen molar-refractivity contribution >= 4 is 0 Å². The first-order valence-corrected chi connectivity index (χ1v) is 3.63. The highest BCUT2D eigenvalue weighted by Gasteiger charge is 2.25. The molecule has 0 unspecified atom stereocenters. The largest absolute Gasteiger partial charge is 0.315 e. The Balaban J connectivity index is 2.41. The number of likely N-dealkylation sites (N-methyl/N-ethyl adjacent to an activating group) is 2. The van der Waals surface area contributed by atoms with Gasteiger partial charge in [-0.05, 0) is 34.0 Å². The summed E-state index contributed by atoms with van der Waals surface area (Å²) in [6.07, 6.45) is 1.30. The molecule has 0 aliphatic carbocycles.